The van der Waals surface area contributed by atoms with E-state index in [0.29, 0.717) is 6.42 Å². The number of benzene rings is 1. The highest BCUT2D eigenvalue weighted by Crippen LogP contribution is 2.36. The van der Waals surface area contributed by atoms with Crippen LogP contribution in [-0.2, 0) is 11.2 Å². The lowest BCUT2D eigenvalue weighted by Crippen LogP contribution is -2.45. The molecule has 1 aromatic carbocycles. The van der Waals surface area contributed by atoms with Crippen LogP contribution in [0.3, 0.4) is 0 Å². The zero-order chi connectivity index (χ0) is 14.6. The van der Waals surface area contributed by atoms with Gasteiger partial charge in [-0.15, -0.1) is 0 Å². The quantitative estimate of drug-likeness (QED) is 0.769. The van der Waals surface area contributed by atoms with Gasteiger partial charge in [0.15, 0.2) is 0 Å². The number of aromatic hydroxyl groups is 1. The average molecular weight is 276 g/mol. The first-order valence-electron chi connectivity index (χ1n) is 7.30. The summed E-state index contributed by atoms with van der Waals surface area (Å²) in [4.78, 5) is 12.0. The van der Waals surface area contributed by atoms with Crippen LogP contribution in [-0.4, -0.2) is 23.6 Å². The normalized spacial score (nSPS) is 18.7. The molecule has 110 valence electrons. The number of carbonyl (C=O) groups excluding carboxylic acids is 1. The maximum Gasteiger partial charge on any atom is 0.237 e. The monoisotopic (exact) mass is 276 g/mol. The smallest absolute Gasteiger partial charge is 0.237 e. The van der Waals surface area contributed by atoms with E-state index < -0.39 is 6.04 Å². The SMILES string of the molecule is CC1(CNC(=O)C(N)Cc2ccc(O)cc2)CCCC1. The van der Waals surface area contributed by atoms with Gasteiger partial charge in [-0.3, -0.25) is 4.79 Å². The number of amides is 1. The summed E-state index contributed by atoms with van der Waals surface area (Å²) in [5, 5.41) is 12.2. The third-order valence-electron chi connectivity index (χ3n) is 4.23. The molecule has 0 bridgehead atoms. The number of hydrogen-bond acceptors (Lipinski definition) is 3. The Morgan fingerprint density at radius 1 is 1.35 bits per heavy atom. The molecule has 1 amide bonds. The van der Waals surface area contributed by atoms with Crippen molar-refractivity contribution in [3.05, 3.63) is 29.8 Å². The summed E-state index contributed by atoms with van der Waals surface area (Å²) >= 11 is 0. The van der Waals surface area contributed by atoms with Crippen LogP contribution in [0.15, 0.2) is 24.3 Å². The molecule has 4 nitrogen and oxygen atoms in total. The molecule has 20 heavy (non-hydrogen) atoms. The lowest BCUT2D eigenvalue weighted by molar-refractivity contribution is -0.122. The number of nitrogens with two attached hydrogens (primary N) is 1. The van der Waals surface area contributed by atoms with Gasteiger partial charge in [-0.25, -0.2) is 0 Å². The van der Waals surface area contributed by atoms with E-state index in [-0.39, 0.29) is 17.1 Å². The second-order valence-corrected chi connectivity index (χ2v) is 6.21. The maximum absolute atomic E-state index is 12.0. The van der Waals surface area contributed by atoms with Crippen LogP contribution in [0.2, 0.25) is 0 Å². The van der Waals surface area contributed by atoms with Gasteiger partial charge in [-0.2, -0.15) is 0 Å². The van der Waals surface area contributed by atoms with Crippen LogP contribution in [0.25, 0.3) is 0 Å². The Balaban J connectivity index is 1.81. The molecule has 0 radical (unpaired) electrons. The first-order valence-corrected chi connectivity index (χ1v) is 7.30. The van der Waals surface area contributed by atoms with Gasteiger partial charge in [0.2, 0.25) is 5.91 Å². The summed E-state index contributed by atoms with van der Waals surface area (Å²) in [6, 6.07) is 6.27. The molecule has 1 fully saturated rings. The highest BCUT2D eigenvalue weighted by Gasteiger charge is 2.29. The topological polar surface area (TPSA) is 75.4 Å². The molecule has 4 heteroatoms. The predicted octanol–water partition coefficient (Wildman–Crippen LogP) is 1.96. The second kappa shape index (κ2) is 6.27. The lowest BCUT2D eigenvalue weighted by atomic mass is 9.89. The van der Waals surface area contributed by atoms with E-state index in [4.69, 9.17) is 5.73 Å². The zero-order valence-electron chi connectivity index (χ0n) is 12.1. The molecule has 1 unspecified atom stereocenters. The molecule has 0 aromatic heterocycles. The highest BCUT2D eigenvalue weighted by atomic mass is 16.3. The number of carbonyl (C=O) groups is 1. The highest BCUT2D eigenvalue weighted by molar-refractivity contribution is 5.81. The van der Waals surface area contributed by atoms with Crippen molar-refractivity contribution < 1.29 is 9.90 Å². The van der Waals surface area contributed by atoms with E-state index in [1.165, 1.54) is 25.7 Å². The Kier molecular flexibility index (Phi) is 4.65. The fourth-order valence-corrected chi connectivity index (χ4v) is 2.82. The van der Waals surface area contributed by atoms with Crippen molar-refractivity contribution in [2.45, 2.75) is 45.1 Å². The summed E-state index contributed by atoms with van der Waals surface area (Å²) in [5.41, 5.74) is 7.14. The molecule has 0 aliphatic heterocycles. The Bertz CT molecular complexity index is 450. The van der Waals surface area contributed by atoms with Crippen LogP contribution in [0.5, 0.6) is 5.75 Å². The Labute approximate surface area is 120 Å². The molecule has 1 aliphatic rings. The largest absolute Gasteiger partial charge is 0.508 e. The minimum Gasteiger partial charge on any atom is -0.508 e. The van der Waals surface area contributed by atoms with Gasteiger partial charge in [0, 0.05) is 6.54 Å². The molecule has 1 saturated carbocycles. The van der Waals surface area contributed by atoms with Crippen LogP contribution >= 0.6 is 0 Å². The van der Waals surface area contributed by atoms with Gasteiger partial charge in [-0.1, -0.05) is 31.9 Å². The predicted molar refractivity (Wildman–Crippen MR) is 79.4 cm³/mol. The van der Waals surface area contributed by atoms with Crippen LogP contribution < -0.4 is 11.1 Å². The Morgan fingerprint density at radius 2 is 1.95 bits per heavy atom. The molecule has 1 aromatic rings. The summed E-state index contributed by atoms with van der Waals surface area (Å²) in [6.45, 7) is 2.95. The fraction of sp³-hybridized carbons (Fsp3) is 0.562. The number of rotatable bonds is 5. The van der Waals surface area contributed by atoms with E-state index in [0.717, 1.165) is 12.1 Å². The minimum atomic E-state index is -0.537. The third kappa shape index (κ3) is 3.97. The average Bonchev–Trinajstić information content (AvgIpc) is 2.86. The summed E-state index contributed by atoms with van der Waals surface area (Å²) in [6.07, 6.45) is 5.36. The number of hydrogen-bond donors (Lipinski definition) is 3. The van der Waals surface area contributed by atoms with Crippen molar-refractivity contribution in [2.24, 2.45) is 11.1 Å². The lowest BCUT2D eigenvalue weighted by Gasteiger charge is -2.24. The first-order chi connectivity index (χ1) is 9.48. The number of phenols is 1. The van der Waals surface area contributed by atoms with Gasteiger partial charge in [-0.05, 0) is 42.4 Å². The molecule has 1 atom stereocenters. The molecule has 4 N–H and O–H groups in total. The van der Waals surface area contributed by atoms with Crippen molar-refractivity contribution in [3.63, 3.8) is 0 Å². The molecular formula is C16H24N2O2. The van der Waals surface area contributed by atoms with Crippen LogP contribution in [0, 0.1) is 5.41 Å². The molecule has 2 rings (SSSR count). The standard InChI is InChI=1S/C16H24N2O2/c1-16(8-2-3-9-16)11-18-15(20)14(17)10-12-4-6-13(19)7-5-12/h4-7,14,19H,2-3,8-11,17H2,1H3,(H,18,20). The third-order valence-corrected chi connectivity index (χ3v) is 4.23. The van der Waals surface area contributed by atoms with Crippen molar-refractivity contribution >= 4 is 5.91 Å². The van der Waals surface area contributed by atoms with Gasteiger partial charge in [0.05, 0.1) is 6.04 Å². The Morgan fingerprint density at radius 3 is 2.55 bits per heavy atom. The molecule has 0 spiro atoms. The van der Waals surface area contributed by atoms with Crippen LogP contribution in [0.4, 0.5) is 0 Å². The maximum atomic E-state index is 12.0. The summed E-state index contributed by atoms with van der Waals surface area (Å²) < 4.78 is 0. The van der Waals surface area contributed by atoms with Gasteiger partial charge >= 0.3 is 0 Å². The zero-order valence-corrected chi connectivity index (χ0v) is 12.1. The van der Waals surface area contributed by atoms with E-state index in [2.05, 4.69) is 12.2 Å². The number of nitrogens with one attached hydrogen (secondary N) is 1. The van der Waals surface area contributed by atoms with Crippen molar-refractivity contribution in [3.8, 4) is 5.75 Å². The van der Waals surface area contributed by atoms with Gasteiger partial charge in [0.1, 0.15) is 5.75 Å². The van der Waals surface area contributed by atoms with Crippen LogP contribution in [0.1, 0.15) is 38.2 Å². The van der Waals surface area contributed by atoms with Gasteiger partial charge in [0.25, 0.3) is 0 Å². The summed E-state index contributed by atoms with van der Waals surface area (Å²) in [7, 11) is 0. The first kappa shape index (κ1) is 14.9. The van der Waals surface area contributed by atoms with E-state index in [9.17, 15) is 9.90 Å². The summed E-state index contributed by atoms with van der Waals surface area (Å²) in [5.74, 6) is 0.132. The fourth-order valence-electron chi connectivity index (χ4n) is 2.82. The minimum absolute atomic E-state index is 0.0915. The van der Waals surface area contributed by atoms with E-state index in [1.54, 1.807) is 24.3 Å². The molecule has 0 heterocycles. The van der Waals surface area contributed by atoms with E-state index in [1.807, 2.05) is 0 Å². The second-order valence-electron chi connectivity index (χ2n) is 6.21. The molecule has 1 aliphatic carbocycles. The molecule has 0 saturated heterocycles. The number of phenolic OH excluding ortho intramolecular Hbond substituents is 1. The van der Waals surface area contributed by atoms with Crippen molar-refractivity contribution in [2.75, 3.05) is 6.54 Å². The van der Waals surface area contributed by atoms with E-state index >= 15 is 0 Å². The van der Waals surface area contributed by atoms with Crippen molar-refractivity contribution in [1.29, 1.82) is 0 Å². The van der Waals surface area contributed by atoms with Gasteiger partial charge < -0.3 is 16.2 Å². The molecular weight excluding hydrogens is 252 g/mol. The Hall–Kier alpha value is -1.55. The van der Waals surface area contributed by atoms with Crippen molar-refractivity contribution in [1.82, 2.24) is 5.32 Å².